The minimum Gasteiger partial charge on any atom is -0.377 e. The average Bonchev–Trinajstić information content (AvgIpc) is 3.22. The maximum Gasteiger partial charge on any atom is 0.249 e. The molecule has 0 saturated carbocycles. The maximum absolute atomic E-state index is 12.9. The molecule has 0 spiro atoms. The molecule has 1 aromatic rings. The van der Waals surface area contributed by atoms with Gasteiger partial charge in [0.1, 0.15) is 0 Å². The van der Waals surface area contributed by atoms with Crippen molar-refractivity contribution in [2.24, 2.45) is 5.41 Å². The van der Waals surface area contributed by atoms with Crippen molar-refractivity contribution in [3.05, 3.63) is 41.7 Å². The average molecular weight is 356 g/mol. The first-order valence-electron chi connectivity index (χ1n) is 9.83. The van der Waals surface area contributed by atoms with Crippen LogP contribution < -0.4 is 0 Å². The van der Waals surface area contributed by atoms with E-state index in [2.05, 4.69) is 16.0 Å². The number of rotatable bonds is 5. The van der Waals surface area contributed by atoms with Gasteiger partial charge in [0.25, 0.3) is 0 Å². The van der Waals surface area contributed by atoms with Gasteiger partial charge in [-0.1, -0.05) is 6.08 Å². The number of fused-ring (bicyclic) bond motifs is 1. The van der Waals surface area contributed by atoms with Crippen molar-refractivity contribution >= 4 is 5.91 Å². The van der Waals surface area contributed by atoms with E-state index in [0.717, 1.165) is 69.4 Å². The summed E-state index contributed by atoms with van der Waals surface area (Å²) in [5.41, 5.74) is 2.07. The van der Waals surface area contributed by atoms with E-state index >= 15 is 0 Å². The van der Waals surface area contributed by atoms with Crippen LogP contribution in [-0.2, 0) is 20.9 Å². The molecule has 5 heteroatoms. The van der Waals surface area contributed by atoms with Crippen LogP contribution in [-0.4, -0.2) is 48.2 Å². The van der Waals surface area contributed by atoms with E-state index in [9.17, 15) is 4.79 Å². The molecule has 2 saturated heterocycles. The van der Waals surface area contributed by atoms with Gasteiger partial charge in [-0.25, -0.2) is 0 Å². The van der Waals surface area contributed by atoms with E-state index in [1.807, 2.05) is 12.1 Å². The van der Waals surface area contributed by atoms with Crippen LogP contribution in [0.15, 0.2) is 36.2 Å². The van der Waals surface area contributed by atoms with Gasteiger partial charge in [0.05, 0.1) is 19.3 Å². The van der Waals surface area contributed by atoms with Crippen molar-refractivity contribution in [3.63, 3.8) is 0 Å². The van der Waals surface area contributed by atoms with Crippen molar-refractivity contribution in [2.45, 2.75) is 51.2 Å². The Labute approximate surface area is 155 Å². The first kappa shape index (κ1) is 17.7. The standard InChI is InChI=1S/C21H28N2O3/c24-20(18-4-1-2-5-18)23-12-8-19-21(15-23,9-3-13-26-19)16-25-14-17-6-10-22-11-7-17/h4,6-7,10-11,19H,1-3,5,8-9,12-16H2/t19-,21-/m0/s1. The molecule has 1 amide bonds. The number of amides is 1. The highest BCUT2D eigenvalue weighted by atomic mass is 16.5. The summed E-state index contributed by atoms with van der Waals surface area (Å²) in [6.45, 7) is 3.60. The third-order valence-corrected chi connectivity index (χ3v) is 6.00. The van der Waals surface area contributed by atoms with Crippen LogP contribution in [0.25, 0.3) is 0 Å². The van der Waals surface area contributed by atoms with Gasteiger partial charge >= 0.3 is 0 Å². The summed E-state index contributed by atoms with van der Waals surface area (Å²) in [5, 5.41) is 0. The second-order valence-electron chi connectivity index (χ2n) is 7.81. The summed E-state index contributed by atoms with van der Waals surface area (Å²) in [7, 11) is 0. The summed E-state index contributed by atoms with van der Waals surface area (Å²) in [6.07, 6.45) is 12.0. The summed E-state index contributed by atoms with van der Waals surface area (Å²) in [4.78, 5) is 19.0. The van der Waals surface area contributed by atoms with Crippen LogP contribution in [0, 0.1) is 5.41 Å². The fraction of sp³-hybridized carbons (Fsp3) is 0.619. The number of aromatic nitrogens is 1. The zero-order valence-electron chi connectivity index (χ0n) is 15.4. The van der Waals surface area contributed by atoms with Gasteiger partial charge in [0.15, 0.2) is 0 Å². The molecule has 0 unspecified atom stereocenters. The minimum atomic E-state index is -0.0711. The fourth-order valence-corrected chi connectivity index (χ4v) is 4.59. The number of hydrogen-bond acceptors (Lipinski definition) is 4. The molecule has 3 aliphatic rings. The van der Waals surface area contributed by atoms with Crippen LogP contribution in [0.2, 0.25) is 0 Å². The summed E-state index contributed by atoms with van der Waals surface area (Å²) in [5.74, 6) is 0.236. The maximum atomic E-state index is 12.9. The van der Waals surface area contributed by atoms with E-state index in [4.69, 9.17) is 9.47 Å². The van der Waals surface area contributed by atoms with Crippen molar-refractivity contribution in [1.29, 1.82) is 0 Å². The lowest BCUT2D eigenvalue weighted by molar-refractivity contribution is -0.163. The Hall–Kier alpha value is -1.72. The first-order valence-corrected chi connectivity index (χ1v) is 9.83. The normalized spacial score (nSPS) is 28.5. The lowest BCUT2D eigenvalue weighted by atomic mass is 9.73. The van der Waals surface area contributed by atoms with E-state index in [0.29, 0.717) is 13.2 Å². The van der Waals surface area contributed by atoms with Crippen molar-refractivity contribution in [1.82, 2.24) is 9.88 Å². The monoisotopic (exact) mass is 356 g/mol. The second kappa shape index (κ2) is 7.89. The number of allylic oxidation sites excluding steroid dienone is 1. The number of pyridine rings is 1. The zero-order valence-corrected chi connectivity index (χ0v) is 15.4. The molecule has 5 nitrogen and oxygen atoms in total. The van der Waals surface area contributed by atoms with E-state index in [-0.39, 0.29) is 17.4 Å². The van der Waals surface area contributed by atoms with Crippen LogP contribution in [0.1, 0.15) is 44.1 Å². The molecular weight excluding hydrogens is 328 g/mol. The fourth-order valence-electron chi connectivity index (χ4n) is 4.59. The molecule has 2 atom stereocenters. The van der Waals surface area contributed by atoms with Gasteiger partial charge in [-0.15, -0.1) is 0 Å². The largest absolute Gasteiger partial charge is 0.377 e. The Bertz CT molecular complexity index is 660. The molecule has 140 valence electrons. The molecule has 4 rings (SSSR count). The van der Waals surface area contributed by atoms with E-state index < -0.39 is 0 Å². The highest BCUT2D eigenvalue weighted by molar-refractivity contribution is 5.93. The molecule has 1 aliphatic carbocycles. The Morgan fingerprint density at radius 1 is 1.35 bits per heavy atom. The minimum absolute atomic E-state index is 0.0711. The Morgan fingerprint density at radius 3 is 3.04 bits per heavy atom. The summed E-state index contributed by atoms with van der Waals surface area (Å²) < 4.78 is 12.2. The lowest BCUT2D eigenvalue weighted by Crippen LogP contribution is -2.58. The molecule has 0 bridgehead atoms. The Balaban J connectivity index is 1.43. The molecule has 0 radical (unpaired) electrons. The van der Waals surface area contributed by atoms with Gasteiger partial charge in [-0.3, -0.25) is 9.78 Å². The highest BCUT2D eigenvalue weighted by Crippen LogP contribution is 2.41. The highest BCUT2D eigenvalue weighted by Gasteiger charge is 2.47. The molecule has 0 N–H and O–H groups in total. The van der Waals surface area contributed by atoms with Crippen molar-refractivity contribution in [3.8, 4) is 0 Å². The number of nitrogens with zero attached hydrogens (tertiary/aromatic N) is 2. The molecule has 2 fully saturated rings. The molecule has 1 aromatic heterocycles. The Morgan fingerprint density at radius 2 is 2.23 bits per heavy atom. The number of piperidine rings is 1. The number of carbonyl (C=O) groups is 1. The molecule has 0 aromatic carbocycles. The van der Waals surface area contributed by atoms with Gasteiger partial charge in [0.2, 0.25) is 5.91 Å². The molecule has 2 aliphatic heterocycles. The van der Waals surface area contributed by atoms with Crippen molar-refractivity contribution in [2.75, 3.05) is 26.3 Å². The number of ether oxygens (including phenoxy) is 2. The van der Waals surface area contributed by atoms with Gasteiger partial charge in [0, 0.05) is 43.1 Å². The number of hydrogen-bond donors (Lipinski definition) is 0. The predicted octanol–water partition coefficient (Wildman–Crippen LogP) is 3.11. The first-order chi connectivity index (χ1) is 12.8. The van der Waals surface area contributed by atoms with Gasteiger partial charge in [-0.2, -0.15) is 0 Å². The SMILES string of the molecule is O=C(C1=CCCC1)N1CC[C@@H]2OCCC[C@@]2(COCc2ccncc2)C1. The summed E-state index contributed by atoms with van der Waals surface area (Å²) >= 11 is 0. The molecule has 26 heavy (non-hydrogen) atoms. The van der Waals surface area contributed by atoms with Crippen LogP contribution in [0.5, 0.6) is 0 Å². The molecular formula is C21H28N2O3. The number of likely N-dealkylation sites (tertiary alicyclic amines) is 1. The quantitative estimate of drug-likeness (QED) is 0.813. The summed E-state index contributed by atoms with van der Waals surface area (Å²) in [6, 6.07) is 3.96. The van der Waals surface area contributed by atoms with Crippen LogP contribution in [0.4, 0.5) is 0 Å². The van der Waals surface area contributed by atoms with Crippen LogP contribution in [0.3, 0.4) is 0 Å². The smallest absolute Gasteiger partial charge is 0.249 e. The van der Waals surface area contributed by atoms with Crippen LogP contribution >= 0.6 is 0 Å². The third-order valence-electron chi connectivity index (χ3n) is 6.00. The lowest BCUT2D eigenvalue weighted by Gasteiger charge is -2.50. The predicted molar refractivity (Wildman–Crippen MR) is 98.4 cm³/mol. The van der Waals surface area contributed by atoms with Crippen molar-refractivity contribution < 1.29 is 14.3 Å². The Kier molecular flexibility index (Phi) is 5.36. The van der Waals surface area contributed by atoms with E-state index in [1.165, 1.54) is 0 Å². The third kappa shape index (κ3) is 3.69. The second-order valence-corrected chi connectivity index (χ2v) is 7.81. The topological polar surface area (TPSA) is 51.7 Å². The van der Waals surface area contributed by atoms with E-state index in [1.54, 1.807) is 12.4 Å². The molecule has 3 heterocycles. The zero-order chi connectivity index (χ0) is 17.8. The van der Waals surface area contributed by atoms with Gasteiger partial charge in [-0.05, 0) is 56.2 Å². The van der Waals surface area contributed by atoms with Gasteiger partial charge < -0.3 is 14.4 Å². The number of carbonyl (C=O) groups excluding carboxylic acids is 1.